The molecule has 0 aliphatic rings. The Balaban J connectivity index is 2.62. The van der Waals surface area contributed by atoms with Crippen LogP contribution >= 0.6 is 34.3 Å². The zero-order chi connectivity index (χ0) is 10.1. The maximum Gasteiger partial charge on any atom is 0.335 e. The van der Waals surface area contributed by atoms with Gasteiger partial charge in [-0.15, -0.1) is 11.3 Å². The highest BCUT2D eigenvalue weighted by Crippen LogP contribution is 2.42. The molecule has 0 spiro atoms. The number of rotatable bonds is 2. The quantitative estimate of drug-likeness (QED) is 0.603. The fourth-order valence-electron chi connectivity index (χ4n) is 1.00. The lowest BCUT2D eigenvalue weighted by Gasteiger charge is -1.92. The van der Waals surface area contributed by atoms with Gasteiger partial charge in [-0.05, 0) is 0 Å². The van der Waals surface area contributed by atoms with Crippen molar-refractivity contribution >= 4 is 39.3 Å². The average molecular weight is 247 g/mol. The Morgan fingerprint density at radius 1 is 1.50 bits per heavy atom. The van der Waals surface area contributed by atoms with E-state index < -0.39 is 4.92 Å². The van der Waals surface area contributed by atoms with Crippen LogP contribution < -0.4 is 0 Å². The molecule has 4 nitrogen and oxygen atoms in total. The van der Waals surface area contributed by atoms with Gasteiger partial charge in [0.25, 0.3) is 0 Å². The molecule has 7 heteroatoms. The van der Waals surface area contributed by atoms with E-state index in [1.807, 2.05) is 0 Å². The van der Waals surface area contributed by atoms with Crippen LogP contribution in [-0.2, 0) is 0 Å². The van der Waals surface area contributed by atoms with Crippen molar-refractivity contribution in [1.82, 2.24) is 4.98 Å². The highest BCUT2D eigenvalue weighted by molar-refractivity contribution is 7.16. The summed E-state index contributed by atoms with van der Waals surface area (Å²) in [6.45, 7) is 0. The first-order valence-corrected chi connectivity index (χ1v) is 5.65. The molecule has 0 saturated heterocycles. The van der Waals surface area contributed by atoms with Gasteiger partial charge in [0.1, 0.15) is 10.6 Å². The van der Waals surface area contributed by atoms with Crippen LogP contribution in [0.4, 0.5) is 5.00 Å². The van der Waals surface area contributed by atoms with Gasteiger partial charge >= 0.3 is 5.00 Å². The topological polar surface area (TPSA) is 56.0 Å². The molecule has 0 radical (unpaired) electrons. The van der Waals surface area contributed by atoms with Crippen LogP contribution in [0.1, 0.15) is 0 Å². The fraction of sp³-hybridized carbons (Fsp3) is 0. The van der Waals surface area contributed by atoms with Crippen LogP contribution in [-0.4, -0.2) is 9.91 Å². The number of hydrogen-bond donors (Lipinski definition) is 0. The van der Waals surface area contributed by atoms with Crippen molar-refractivity contribution in [2.24, 2.45) is 0 Å². The van der Waals surface area contributed by atoms with Crippen LogP contribution in [0.2, 0.25) is 5.02 Å². The minimum Gasteiger partial charge on any atom is -0.258 e. The maximum absolute atomic E-state index is 10.7. The van der Waals surface area contributed by atoms with Crippen LogP contribution in [0, 0.1) is 10.1 Å². The van der Waals surface area contributed by atoms with E-state index in [0.717, 1.165) is 11.3 Å². The van der Waals surface area contributed by atoms with E-state index in [1.54, 1.807) is 17.0 Å². The monoisotopic (exact) mass is 246 g/mol. The standard InChI is InChI=1S/C7H3ClN2O2S2/c8-4-3-14-7(10(11)12)5(4)6-9-1-2-13-6/h1-3H. The molecule has 2 aromatic heterocycles. The molecular weight excluding hydrogens is 244 g/mol. The van der Waals surface area contributed by atoms with E-state index in [1.165, 1.54) is 11.3 Å². The lowest BCUT2D eigenvalue weighted by atomic mass is 10.3. The molecule has 14 heavy (non-hydrogen) atoms. The highest BCUT2D eigenvalue weighted by atomic mass is 35.5. The lowest BCUT2D eigenvalue weighted by molar-refractivity contribution is -0.379. The van der Waals surface area contributed by atoms with Gasteiger partial charge in [0.15, 0.2) is 0 Å². The fourth-order valence-corrected chi connectivity index (χ4v) is 2.93. The van der Waals surface area contributed by atoms with Crippen molar-refractivity contribution in [3.8, 4) is 10.6 Å². The second kappa shape index (κ2) is 3.64. The summed E-state index contributed by atoms with van der Waals surface area (Å²) >= 11 is 8.20. The molecule has 0 fully saturated rings. The first kappa shape index (κ1) is 9.57. The van der Waals surface area contributed by atoms with Crippen molar-refractivity contribution in [3.05, 3.63) is 32.1 Å². The van der Waals surface area contributed by atoms with Gasteiger partial charge in [-0.25, -0.2) is 4.98 Å². The largest absolute Gasteiger partial charge is 0.335 e. The summed E-state index contributed by atoms with van der Waals surface area (Å²) in [5.74, 6) is 0. The maximum atomic E-state index is 10.7. The summed E-state index contributed by atoms with van der Waals surface area (Å²) in [5, 5.41) is 15.0. The van der Waals surface area contributed by atoms with Crippen LogP contribution in [0.3, 0.4) is 0 Å². The molecule has 0 saturated carbocycles. The second-order valence-electron chi connectivity index (χ2n) is 2.36. The normalized spacial score (nSPS) is 10.4. The first-order chi connectivity index (χ1) is 6.70. The smallest absolute Gasteiger partial charge is 0.258 e. The van der Waals surface area contributed by atoms with Gasteiger partial charge < -0.3 is 0 Å². The predicted octanol–water partition coefficient (Wildman–Crippen LogP) is 3.43. The van der Waals surface area contributed by atoms with Crippen LogP contribution in [0.5, 0.6) is 0 Å². The van der Waals surface area contributed by atoms with E-state index in [9.17, 15) is 10.1 Å². The molecular formula is C7H3ClN2O2S2. The van der Waals surface area contributed by atoms with E-state index in [2.05, 4.69) is 4.98 Å². The van der Waals surface area contributed by atoms with E-state index in [4.69, 9.17) is 11.6 Å². The van der Waals surface area contributed by atoms with Crippen molar-refractivity contribution in [2.45, 2.75) is 0 Å². The molecule has 0 aromatic carbocycles. The summed E-state index contributed by atoms with van der Waals surface area (Å²) in [4.78, 5) is 14.2. The minimum absolute atomic E-state index is 0.0463. The predicted molar refractivity (Wildman–Crippen MR) is 57.1 cm³/mol. The number of nitro groups is 1. The molecule has 0 aliphatic carbocycles. The second-order valence-corrected chi connectivity index (χ2v) is 4.52. The highest BCUT2D eigenvalue weighted by Gasteiger charge is 2.23. The molecule has 72 valence electrons. The molecule has 2 rings (SSSR count). The zero-order valence-electron chi connectivity index (χ0n) is 6.64. The van der Waals surface area contributed by atoms with Crippen molar-refractivity contribution in [3.63, 3.8) is 0 Å². The van der Waals surface area contributed by atoms with Gasteiger partial charge in [-0.3, -0.25) is 10.1 Å². The van der Waals surface area contributed by atoms with Gasteiger partial charge in [0.05, 0.1) is 9.95 Å². The number of hydrogen-bond acceptors (Lipinski definition) is 5. The summed E-state index contributed by atoms with van der Waals surface area (Å²) in [6, 6.07) is 0. The number of nitrogens with zero attached hydrogens (tertiary/aromatic N) is 2. The average Bonchev–Trinajstić information content (AvgIpc) is 2.71. The Morgan fingerprint density at radius 2 is 2.29 bits per heavy atom. The Labute approximate surface area is 91.9 Å². The van der Waals surface area contributed by atoms with Crippen molar-refractivity contribution in [1.29, 1.82) is 0 Å². The molecule has 2 heterocycles. The Morgan fingerprint density at radius 3 is 2.86 bits per heavy atom. The Kier molecular flexibility index (Phi) is 2.49. The third-order valence-corrected chi connectivity index (χ3v) is 3.69. The van der Waals surface area contributed by atoms with Gasteiger partial charge in [0, 0.05) is 17.0 Å². The Hall–Kier alpha value is -0.980. The molecule has 2 aromatic rings. The van der Waals surface area contributed by atoms with Crippen LogP contribution in [0.25, 0.3) is 10.6 Å². The van der Waals surface area contributed by atoms with Gasteiger partial charge in [-0.2, -0.15) is 0 Å². The lowest BCUT2D eigenvalue weighted by Crippen LogP contribution is -1.86. The van der Waals surface area contributed by atoms with E-state index >= 15 is 0 Å². The first-order valence-electron chi connectivity index (χ1n) is 3.51. The molecule has 0 N–H and O–H groups in total. The van der Waals surface area contributed by atoms with Crippen molar-refractivity contribution < 1.29 is 4.92 Å². The SMILES string of the molecule is O=[N+]([O-])c1scc(Cl)c1-c1nccs1. The number of halogens is 1. The number of thiazole rings is 1. The minimum atomic E-state index is -0.437. The third-order valence-electron chi connectivity index (χ3n) is 1.54. The number of aromatic nitrogens is 1. The van der Waals surface area contributed by atoms with Gasteiger partial charge in [-0.1, -0.05) is 22.9 Å². The molecule has 0 bridgehead atoms. The molecule has 0 aliphatic heterocycles. The number of thiophene rings is 1. The molecule has 0 amide bonds. The third kappa shape index (κ3) is 1.52. The summed E-state index contributed by atoms with van der Waals surface area (Å²) in [5.41, 5.74) is 0.427. The summed E-state index contributed by atoms with van der Waals surface area (Å²) in [6.07, 6.45) is 1.59. The summed E-state index contributed by atoms with van der Waals surface area (Å²) in [7, 11) is 0. The van der Waals surface area contributed by atoms with Gasteiger partial charge in [0.2, 0.25) is 0 Å². The van der Waals surface area contributed by atoms with Crippen molar-refractivity contribution in [2.75, 3.05) is 0 Å². The van der Waals surface area contributed by atoms with Crippen LogP contribution in [0.15, 0.2) is 17.0 Å². The molecule has 0 atom stereocenters. The van der Waals surface area contributed by atoms with E-state index in [0.29, 0.717) is 15.6 Å². The zero-order valence-corrected chi connectivity index (χ0v) is 9.03. The summed E-state index contributed by atoms with van der Waals surface area (Å²) < 4.78 is 0. The van der Waals surface area contributed by atoms with E-state index in [-0.39, 0.29) is 5.00 Å². The Bertz CT molecular complexity index is 466. The molecule has 0 unspecified atom stereocenters.